The minimum Gasteiger partial charge on any atom is -0.482 e. The number of aromatic nitrogens is 3. The molecule has 1 aliphatic rings. The predicted octanol–water partition coefficient (Wildman–Crippen LogP) is 3.80. The van der Waals surface area contributed by atoms with Crippen molar-refractivity contribution in [3.05, 3.63) is 77.9 Å². The van der Waals surface area contributed by atoms with Gasteiger partial charge in [0.25, 0.3) is 5.91 Å². The third kappa shape index (κ3) is 5.44. The first-order valence-corrected chi connectivity index (χ1v) is 14.3. The number of hydrogen-bond acceptors (Lipinski definition) is 8. The van der Waals surface area contributed by atoms with Crippen molar-refractivity contribution in [2.24, 2.45) is 0 Å². The molecule has 0 saturated heterocycles. The van der Waals surface area contributed by atoms with Crippen LogP contribution in [0, 0.1) is 6.92 Å². The zero-order chi connectivity index (χ0) is 27.7. The predicted molar refractivity (Wildman–Crippen MR) is 148 cm³/mol. The highest BCUT2D eigenvalue weighted by Crippen LogP contribution is 2.32. The molecule has 3 aromatic carbocycles. The number of anilines is 1. The fourth-order valence-corrected chi connectivity index (χ4v) is 5.82. The Morgan fingerprint density at radius 2 is 1.87 bits per heavy atom. The van der Waals surface area contributed by atoms with E-state index in [1.807, 2.05) is 35.8 Å². The first-order valence-electron chi connectivity index (χ1n) is 11.9. The Hall–Kier alpha value is -4.00. The first-order chi connectivity index (χ1) is 18.6. The van der Waals surface area contributed by atoms with E-state index in [9.17, 15) is 18.0 Å². The molecular formula is C27H25N5O5S2. The summed E-state index contributed by atoms with van der Waals surface area (Å²) in [6, 6.07) is 19.2. The number of thioether (sulfide) groups is 1. The molecule has 0 radical (unpaired) electrons. The van der Waals surface area contributed by atoms with Gasteiger partial charge in [-0.3, -0.25) is 14.2 Å². The number of fused-ring (bicyclic) bond motifs is 1. The molecule has 200 valence electrons. The summed E-state index contributed by atoms with van der Waals surface area (Å²) < 4.78 is 33.8. The summed E-state index contributed by atoms with van der Waals surface area (Å²) in [4.78, 5) is 24.9. The molecule has 0 spiro atoms. The molecule has 0 aliphatic carbocycles. The first kappa shape index (κ1) is 26.6. The number of sulfonamides is 1. The van der Waals surface area contributed by atoms with Crippen LogP contribution in [-0.4, -0.2) is 65.6 Å². The normalized spacial score (nSPS) is 13.1. The van der Waals surface area contributed by atoms with Crippen molar-refractivity contribution in [2.75, 3.05) is 31.8 Å². The van der Waals surface area contributed by atoms with Crippen LogP contribution in [-0.2, 0) is 14.8 Å². The van der Waals surface area contributed by atoms with Crippen molar-refractivity contribution in [3.8, 4) is 22.8 Å². The van der Waals surface area contributed by atoms with E-state index in [4.69, 9.17) is 4.74 Å². The maximum Gasteiger partial charge on any atom is 0.262 e. The van der Waals surface area contributed by atoms with E-state index in [2.05, 4.69) is 15.5 Å². The molecule has 2 heterocycles. The van der Waals surface area contributed by atoms with Crippen LogP contribution in [0.2, 0.25) is 0 Å². The third-order valence-electron chi connectivity index (χ3n) is 6.03. The van der Waals surface area contributed by atoms with Crippen molar-refractivity contribution in [3.63, 3.8) is 0 Å². The third-order valence-corrected chi connectivity index (χ3v) is 8.77. The van der Waals surface area contributed by atoms with Crippen LogP contribution in [0.4, 0.5) is 5.69 Å². The van der Waals surface area contributed by atoms with Crippen LogP contribution < -0.4 is 10.1 Å². The number of hydrogen-bond donors (Lipinski definition) is 1. The van der Waals surface area contributed by atoms with E-state index in [1.165, 1.54) is 31.9 Å². The number of carbonyl (C=O) groups excluding carboxylic acids is 2. The fourth-order valence-electron chi connectivity index (χ4n) is 4.03. The average molecular weight is 564 g/mol. The molecule has 39 heavy (non-hydrogen) atoms. The summed E-state index contributed by atoms with van der Waals surface area (Å²) in [5.74, 6) is 0.581. The monoisotopic (exact) mass is 563 g/mol. The highest BCUT2D eigenvalue weighted by molar-refractivity contribution is 7.99. The van der Waals surface area contributed by atoms with Crippen LogP contribution in [0.15, 0.2) is 76.8 Å². The van der Waals surface area contributed by atoms with Crippen LogP contribution in [0.5, 0.6) is 5.75 Å². The van der Waals surface area contributed by atoms with Crippen molar-refractivity contribution >= 4 is 39.2 Å². The van der Waals surface area contributed by atoms with Gasteiger partial charge in [0.15, 0.2) is 23.4 Å². The van der Waals surface area contributed by atoms with E-state index in [0.717, 1.165) is 15.6 Å². The molecule has 4 aromatic rings. The molecule has 0 fully saturated rings. The molecule has 1 aliphatic heterocycles. The van der Waals surface area contributed by atoms with Crippen LogP contribution in [0.3, 0.4) is 0 Å². The molecule has 0 unspecified atom stereocenters. The van der Waals surface area contributed by atoms with Crippen molar-refractivity contribution in [1.29, 1.82) is 0 Å². The highest BCUT2D eigenvalue weighted by Gasteiger charge is 2.23. The van der Waals surface area contributed by atoms with E-state index in [1.54, 1.807) is 36.4 Å². The molecule has 1 amide bonds. The van der Waals surface area contributed by atoms with Gasteiger partial charge in [-0.1, -0.05) is 36.0 Å². The largest absolute Gasteiger partial charge is 0.482 e. The lowest BCUT2D eigenvalue weighted by Crippen LogP contribution is -2.25. The van der Waals surface area contributed by atoms with E-state index >= 15 is 0 Å². The molecule has 1 aromatic heterocycles. The van der Waals surface area contributed by atoms with Gasteiger partial charge >= 0.3 is 0 Å². The molecule has 0 saturated carbocycles. The van der Waals surface area contributed by atoms with Gasteiger partial charge in [0.2, 0.25) is 10.0 Å². The Bertz CT molecular complexity index is 1700. The Balaban J connectivity index is 1.48. The van der Waals surface area contributed by atoms with Crippen molar-refractivity contribution in [2.45, 2.75) is 17.0 Å². The molecule has 0 bridgehead atoms. The summed E-state index contributed by atoms with van der Waals surface area (Å²) >= 11 is 1.21. The minimum atomic E-state index is -3.66. The lowest BCUT2D eigenvalue weighted by Gasteiger charge is -2.18. The van der Waals surface area contributed by atoms with Gasteiger partial charge in [-0.2, -0.15) is 0 Å². The van der Waals surface area contributed by atoms with Gasteiger partial charge in [0.1, 0.15) is 5.75 Å². The Kier molecular flexibility index (Phi) is 7.25. The number of benzene rings is 3. The summed E-state index contributed by atoms with van der Waals surface area (Å²) in [5.41, 5.74) is 3.24. The molecule has 5 rings (SSSR count). The van der Waals surface area contributed by atoms with Gasteiger partial charge in [0.05, 0.1) is 16.3 Å². The standard InChI is InChI=1S/C27H25N5O5S2/c1-17-6-4-8-20(12-17)32-26(19-7-5-9-21(13-19)39(35,36)31(2)3)29-30-27(32)38-16-23(33)18-10-11-24-22(14-18)28-25(34)15-37-24/h4-14H,15-16H2,1-3H3,(H,28,34). The van der Waals surface area contributed by atoms with E-state index in [0.29, 0.717) is 33.5 Å². The molecular weight excluding hydrogens is 538 g/mol. The summed E-state index contributed by atoms with van der Waals surface area (Å²) in [6.07, 6.45) is 0. The molecule has 1 N–H and O–H groups in total. The van der Waals surface area contributed by atoms with Crippen molar-refractivity contribution in [1.82, 2.24) is 19.1 Å². The second-order valence-electron chi connectivity index (χ2n) is 9.06. The second-order valence-corrected chi connectivity index (χ2v) is 12.1. The smallest absolute Gasteiger partial charge is 0.262 e. The average Bonchev–Trinajstić information content (AvgIpc) is 3.35. The Morgan fingerprint density at radius 3 is 2.64 bits per heavy atom. The van der Waals surface area contributed by atoms with Gasteiger partial charge in [-0.25, -0.2) is 12.7 Å². The van der Waals surface area contributed by atoms with Gasteiger partial charge in [0, 0.05) is 30.9 Å². The molecule has 10 nitrogen and oxygen atoms in total. The SMILES string of the molecule is Cc1cccc(-n2c(SCC(=O)c3ccc4c(c3)NC(=O)CO4)nnc2-c2cccc(S(=O)(=O)N(C)C)c2)c1. The number of amides is 1. The van der Waals surface area contributed by atoms with Gasteiger partial charge in [-0.15, -0.1) is 10.2 Å². The number of Topliss-reactive ketones (excluding diaryl/α,β-unsaturated/α-hetero) is 1. The quantitative estimate of drug-likeness (QED) is 0.254. The summed E-state index contributed by atoms with van der Waals surface area (Å²) in [6.45, 7) is 1.91. The number of nitrogens with one attached hydrogen (secondary N) is 1. The maximum atomic E-state index is 13.1. The van der Waals surface area contributed by atoms with Crippen LogP contribution in [0.1, 0.15) is 15.9 Å². The lowest BCUT2D eigenvalue weighted by molar-refractivity contribution is -0.118. The van der Waals surface area contributed by atoms with Crippen LogP contribution >= 0.6 is 11.8 Å². The van der Waals surface area contributed by atoms with E-state index in [-0.39, 0.29) is 28.9 Å². The fraction of sp³-hybridized carbons (Fsp3) is 0.185. The van der Waals surface area contributed by atoms with Gasteiger partial charge in [-0.05, 0) is 55.0 Å². The molecule has 0 atom stereocenters. The topological polar surface area (TPSA) is 123 Å². The number of rotatable bonds is 8. The summed E-state index contributed by atoms with van der Waals surface area (Å²) in [7, 11) is -0.699. The number of ketones is 1. The van der Waals surface area contributed by atoms with Crippen molar-refractivity contribution < 1.29 is 22.7 Å². The number of carbonyl (C=O) groups is 2. The zero-order valence-electron chi connectivity index (χ0n) is 21.4. The lowest BCUT2D eigenvalue weighted by atomic mass is 10.1. The zero-order valence-corrected chi connectivity index (χ0v) is 23.0. The Labute approximate surface area is 230 Å². The number of nitrogens with zero attached hydrogens (tertiary/aromatic N) is 4. The highest BCUT2D eigenvalue weighted by atomic mass is 32.2. The molecule has 12 heteroatoms. The number of aryl methyl sites for hydroxylation is 1. The second kappa shape index (κ2) is 10.6. The van der Waals surface area contributed by atoms with Crippen LogP contribution in [0.25, 0.3) is 17.1 Å². The number of ether oxygens (including phenoxy) is 1. The summed E-state index contributed by atoms with van der Waals surface area (Å²) in [5, 5.41) is 11.9. The van der Waals surface area contributed by atoms with E-state index < -0.39 is 10.0 Å². The Morgan fingerprint density at radius 1 is 1.08 bits per heavy atom. The maximum absolute atomic E-state index is 13.1. The minimum absolute atomic E-state index is 0.0585. The van der Waals surface area contributed by atoms with Gasteiger partial charge < -0.3 is 10.1 Å².